The lowest BCUT2D eigenvalue weighted by atomic mass is 10.1. The summed E-state index contributed by atoms with van der Waals surface area (Å²) in [6, 6.07) is 13.8. The number of rotatable bonds is 7. The van der Waals surface area contributed by atoms with E-state index in [1.54, 1.807) is 37.3 Å². The number of hydrogen-bond acceptors (Lipinski definition) is 5. The quantitative estimate of drug-likeness (QED) is 0.180. The van der Waals surface area contributed by atoms with Crippen LogP contribution in [-0.2, 0) is 16.2 Å². The Labute approximate surface area is 239 Å². The van der Waals surface area contributed by atoms with Gasteiger partial charge in [0.05, 0.1) is 15.9 Å². The van der Waals surface area contributed by atoms with E-state index >= 15 is 0 Å². The Hall–Kier alpha value is -3.37. The van der Waals surface area contributed by atoms with Gasteiger partial charge >= 0.3 is 6.03 Å². The van der Waals surface area contributed by atoms with Crippen LogP contribution in [0.4, 0.5) is 10.5 Å². The molecule has 4 amide bonds. The molecule has 1 aliphatic heterocycles. The van der Waals surface area contributed by atoms with Crippen molar-refractivity contribution in [3.05, 3.63) is 90.5 Å². The minimum absolute atomic E-state index is 0.189. The van der Waals surface area contributed by atoms with Crippen molar-refractivity contribution in [1.29, 1.82) is 0 Å². The van der Waals surface area contributed by atoms with Crippen molar-refractivity contribution in [1.82, 2.24) is 5.32 Å². The smallest absolute Gasteiger partial charge is 0.335 e. The van der Waals surface area contributed by atoms with Crippen LogP contribution in [0.25, 0.3) is 6.08 Å². The predicted molar refractivity (Wildman–Crippen MR) is 156 cm³/mol. The molecular weight excluding hydrogens is 619 g/mol. The summed E-state index contributed by atoms with van der Waals surface area (Å²) >= 11 is 8.34. The van der Waals surface area contributed by atoms with Gasteiger partial charge in [-0.2, -0.15) is 0 Å². The zero-order chi connectivity index (χ0) is 27.6. The zero-order valence-electron chi connectivity index (χ0n) is 21.4. The molecular formula is C29H26ClIN2O5. The van der Waals surface area contributed by atoms with Crippen LogP contribution in [0.3, 0.4) is 0 Å². The number of ether oxygens (including phenoxy) is 2. The third-order valence-corrected chi connectivity index (χ3v) is 7.10. The van der Waals surface area contributed by atoms with Crippen molar-refractivity contribution in [2.24, 2.45) is 0 Å². The summed E-state index contributed by atoms with van der Waals surface area (Å²) < 4.78 is 12.7. The van der Waals surface area contributed by atoms with E-state index in [-0.39, 0.29) is 5.57 Å². The summed E-state index contributed by atoms with van der Waals surface area (Å²) in [5, 5.41) is 2.65. The monoisotopic (exact) mass is 644 g/mol. The van der Waals surface area contributed by atoms with Gasteiger partial charge in [-0.1, -0.05) is 47.0 Å². The topological polar surface area (TPSA) is 84.9 Å². The first-order valence-corrected chi connectivity index (χ1v) is 13.4. The Balaban J connectivity index is 1.68. The van der Waals surface area contributed by atoms with Crippen molar-refractivity contribution in [2.75, 3.05) is 11.5 Å². The molecule has 0 saturated carbocycles. The van der Waals surface area contributed by atoms with Crippen LogP contribution in [0.15, 0.2) is 54.1 Å². The number of anilines is 1. The minimum Gasteiger partial charge on any atom is -0.490 e. The number of amides is 4. The molecule has 0 unspecified atom stereocenters. The van der Waals surface area contributed by atoms with Gasteiger partial charge in [0, 0.05) is 5.02 Å². The number of halogens is 2. The van der Waals surface area contributed by atoms with Crippen molar-refractivity contribution >= 4 is 63.8 Å². The molecule has 4 rings (SSSR count). The lowest BCUT2D eigenvalue weighted by molar-refractivity contribution is -0.122. The number of aryl methyl sites for hydroxylation is 2. The molecule has 1 aliphatic rings. The van der Waals surface area contributed by atoms with Gasteiger partial charge in [0.2, 0.25) is 0 Å². The molecule has 0 bridgehead atoms. The molecule has 1 heterocycles. The summed E-state index contributed by atoms with van der Waals surface area (Å²) in [5.74, 6) is -0.469. The fourth-order valence-corrected chi connectivity index (χ4v) is 5.21. The van der Waals surface area contributed by atoms with E-state index in [0.29, 0.717) is 46.5 Å². The fourth-order valence-electron chi connectivity index (χ4n) is 4.26. The molecule has 1 saturated heterocycles. The number of nitrogens with zero attached hydrogens (tertiary/aromatic N) is 1. The van der Waals surface area contributed by atoms with Gasteiger partial charge < -0.3 is 9.47 Å². The van der Waals surface area contributed by atoms with Crippen molar-refractivity contribution in [2.45, 2.75) is 34.3 Å². The summed E-state index contributed by atoms with van der Waals surface area (Å²) in [4.78, 5) is 39.6. The highest BCUT2D eigenvalue weighted by Gasteiger charge is 2.37. The predicted octanol–water partition coefficient (Wildman–Crippen LogP) is 6.51. The number of benzene rings is 3. The number of hydrogen-bond donors (Lipinski definition) is 1. The van der Waals surface area contributed by atoms with E-state index in [4.69, 9.17) is 21.1 Å². The van der Waals surface area contributed by atoms with Gasteiger partial charge in [0.25, 0.3) is 11.8 Å². The largest absolute Gasteiger partial charge is 0.490 e. The van der Waals surface area contributed by atoms with Gasteiger partial charge in [-0.3, -0.25) is 14.9 Å². The third-order valence-electron chi connectivity index (χ3n) is 5.89. The normalized spacial score (nSPS) is 14.6. The van der Waals surface area contributed by atoms with Crippen LogP contribution in [0.2, 0.25) is 5.02 Å². The van der Waals surface area contributed by atoms with Gasteiger partial charge in [-0.05, 0) is 97.3 Å². The highest BCUT2D eigenvalue weighted by Crippen LogP contribution is 2.36. The average molecular weight is 645 g/mol. The van der Waals surface area contributed by atoms with Gasteiger partial charge in [-0.25, -0.2) is 9.69 Å². The van der Waals surface area contributed by atoms with Crippen molar-refractivity contribution in [3.63, 3.8) is 0 Å². The number of carbonyl (C=O) groups is 3. The lowest BCUT2D eigenvalue weighted by Crippen LogP contribution is -2.54. The fraction of sp³-hybridized carbons (Fsp3) is 0.207. The van der Waals surface area contributed by atoms with Crippen molar-refractivity contribution < 1.29 is 23.9 Å². The second-order valence-electron chi connectivity index (χ2n) is 8.89. The molecule has 0 atom stereocenters. The molecule has 3 aromatic rings. The van der Waals surface area contributed by atoms with E-state index in [1.165, 1.54) is 6.08 Å². The molecule has 9 heteroatoms. The van der Waals surface area contributed by atoms with Crippen LogP contribution in [0.1, 0.15) is 34.7 Å². The molecule has 38 heavy (non-hydrogen) atoms. The zero-order valence-corrected chi connectivity index (χ0v) is 24.3. The highest BCUT2D eigenvalue weighted by atomic mass is 127. The SMILES string of the molecule is CCOc1cc(/C=C2\C(=O)NC(=O)N(c3cccc(Cl)c3C)C2=O)cc(I)c1OCc1cc(C)cc(C)c1. The number of urea groups is 1. The minimum atomic E-state index is -0.831. The van der Waals surface area contributed by atoms with Crippen molar-refractivity contribution in [3.8, 4) is 11.5 Å². The first-order chi connectivity index (χ1) is 18.1. The second-order valence-corrected chi connectivity index (χ2v) is 10.5. The summed E-state index contributed by atoms with van der Waals surface area (Å²) in [6.07, 6.45) is 1.44. The Morgan fingerprint density at radius 1 is 1.00 bits per heavy atom. The average Bonchev–Trinajstić information content (AvgIpc) is 2.83. The highest BCUT2D eigenvalue weighted by molar-refractivity contribution is 14.1. The van der Waals surface area contributed by atoms with Gasteiger partial charge in [0.1, 0.15) is 12.2 Å². The summed E-state index contributed by atoms with van der Waals surface area (Å²) in [5.41, 5.74) is 4.56. The van der Waals surface area contributed by atoms with Crippen LogP contribution >= 0.6 is 34.2 Å². The maximum absolute atomic E-state index is 13.4. The van der Waals surface area contributed by atoms with E-state index in [9.17, 15) is 14.4 Å². The Morgan fingerprint density at radius 3 is 2.39 bits per heavy atom. The molecule has 3 aromatic carbocycles. The molecule has 7 nitrogen and oxygen atoms in total. The van der Waals surface area contributed by atoms with Crippen LogP contribution < -0.4 is 19.7 Å². The Kier molecular flexibility index (Phi) is 8.42. The van der Waals surface area contributed by atoms with Gasteiger partial charge in [0.15, 0.2) is 11.5 Å². The molecule has 0 spiro atoms. The summed E-state index contributed by atoms with van der Waals surface area (Å²) in [7, 11) is 0. The first kappa shape index (κ1) is 27.7. The summed E-state index contributed by atoms with van der Waals surface area (Å²) in [6.45, 7) is 8.40. The number of carbonyl (C=O) groups excluding carboxylic acids is 3. The number of nitrogens with one attached hydrogen (secondary N) is 1. The second kappa shape index (κ2) is 11.6. The van der Waals surface area contributed by atoms with Gasteiger partial charge in [-0.15, -0.1) is 0 Å². The number of barbiturate groups is 1. The Morgan fingerprint density at radius 2 is 1.71 bits per heavy atom. The third kappa shape index (κ3) is 5.86. The molecule has 0 aromatic heterocycles. The first-order valence-electron chi connectivity index (χ1n) is 11.9. The molecule has 196 valence electrons. The van der Waals surface area contributed by atoms with Crippen LogP contribution in [-0.4, -0.2) is 24.5 Å². The van der Waals surface area contributed by atoms with E-state index in [0.717, 1.165) is 25.2 Å². The maximum atomic E-state index is 13.4. The van der Waals surface area contributed by atoms with E-state index in [1.807, 2.05) is 20.8 Å². The van der Waals surface area contributed by atoms with Crippen LogP contribution in [0, 0.1) is 24.3 Å². The maximum Gasteiger partial charge on any atom is 0.335 e. The van der Waals surface area contributed by atoms with E-state index in [2.05, 4.69) is 46.1 Å². The number of imide groups is 2. The standard InChI is InChI=1S/C29H26ClIN2O5/c1-5-37-25-14-19(13-23(31)26(25)38-15-20-10-16(2)9-17(3)11-20)12-21-27(34)32-29(36)33(28(21)35)24-8-6-7-22(30)18(24)4/h6-14H,5,15H2,1-4H3,(H,32,34,36)/b21-12+. The Bertz CT molecular complexity index is 1460. The molecule has 0 radical (unpaired) electrons. The molecule has 0 aliphatic carbocycles. The molecule has 1 fully saturated rings. The lowest BCUT2D eigenvalue weighted by Gasteiger charge is -2.27. The molecule has 1 N–H and O–H groups in total. The van der Waals surface area contributed by atoms with E-state index < -0.39 is 17.8 Å². The van der Waals surface area contributed by atoms with Crippen LogP contribution in [0.5, 0.6) is 11.5 Å².